The molecule has 0 bridgehead atoms. The maximum absolute atomic E-state index is 12.3. The lowest BCUT2D eigenvalue weighted by molar-refractivity contribution is -0.131. The maximum Gasteiger partial charge on any atom is 0.308 e. The van der Waals surface area contributed by atoms with Crippen LogP contribution in [0.5, 0.6) is 11.5 Å². The fourth-order valence-corrected chi connectivity index (χ4v) is 3.17. The Morgan fingerprint density at radius 2 is 1.88 bits per heavy atom. The summed E-state index contributed by atoms with van der Waals surface area (Å²) < 4.78 is 10.6. The molecule has 130 valence electrons. The van der Waals surface area contributed by atoms with Crippen LogP contribution >= 0.6 is 0 Å². The van der Waals surface area contributed by atoms with Crippen molar-refractivity contribution >= 4 is 11.8 Å². The molecule has 0 atom stereocenters. The molecule has 0 amide bonds. The van der Waals surface area contributed by atoms with Gasteiger partial charge in [0.05, 0.1) is 18.5 Å². The van der Waals surface area contributed by atoms with E-state index in [0.717, 1.165) is 12.1 Å². The Morgan fingerprint density at radius 1 is 1.12 bits per heavy atom. The maximum atomic E-state index is 12.3. The van der Waals surface area contributed by atoms with Crippen LogP contribution in [0, 0.1) is 5.41 Å². The number of fused-ring (bicyclic) bond motifs is 1. The third kappa shape index (κ3) is 3.55. The Kier molecular flexibility index (Phi) is 4.33. The van der Waals surface area contributed by atoms with Crippen molar-refractivity contribution in [3.05, 3.63) is 41.6 Å². The first-order chi connectivity index (χ1) is 11.8. The summed E-state index contributed by atoms with van der Waals surface area (Å²) in [5.74, 6) is 0.779. The number of benzene rings is 1. The average Bonchev–Trinajstić information content (AvgIpc) is 2.53. The van der Waals surface area contributed by atoms with Gasteiger partial charge in [0.15, 0.2) is 5.78 Å². The molecule has 1 aromatic carbocycles. The van der Waals surface area contributed by atoms with Crippen LogP contribution in [-0.2, 0) is 11.2 Å². The van der Waals surface area contributed by atoms with Gasteiger partial charge in [0.2, 0.25) is 0 Å². The van der Waals surface area contributed by atoms with Gasteiger partial charge in [0.25, 0.3) is 0 Å². The van der Waals surface area contributed by atoms with Crippen molar-refractivity contribution < 1.29 is 19.1 Å². The quantitative estimate of drug-likeness (QED) is 0.628. The second-order valence-corrected chi connectivity index (χ2v) is 7.09. The summed E-state index contributed by atoms with van der Waals surface area (Å²) in [4.78, 5) is 28.4. The molecule has 25 heavy (non-hydrogen) atoms. The van der Waals surface area contributed by atoms with Gasteiger partial charge in [0.1, 0.15) is 11.5 Å². The summed E-state index contributed by atoms with van der Waals surface area (Å²) >= 11 is 0. The number of esters is 1. The summed E-state index contributed by atoms with van der Waals surface area (Å²) in [6.07, 6.45) is 1.26. The number of carbonyl (C=O) groups is 2. The minimum Gasteiger partial charge on any atom is -0.497 e. The molecule has 1 aliphatic rings. The highest BCUT2D eigenvalue weighted by Crippen LogP contribution is 2.37. The zero-order valence-electron chi connectivity index (χ0n) is 14.9. The van der Waals surface area contributed by atoms with E-state index in [2.05, 4.69) is 13.8 Å². The summed E-state index contributed by atoms with van der Waals surface area (Å²) in [7, 11) is 1.58. The van der Waals surface area contributed by atoms with E-state index in [0.29, 0.717) is 34.7 Å². The van der Waals surface area contributed by atoms with Crippen LogP contribution in [0.3, 0.4) is 0 Å². The van der Waals surface area contributed by atoms with Crippen molar-refractivity contribution in [2.24, 2.45) is 5.41 Å². The normalized spacial score (nSPS) is 15.4. The van der Waals surface area contributed by atoms with Crippen molar-refractivity contribution in [1.82, 2.24) is 4.98 Å². The topological polar surface area (TPSA) is 65.5 Å². The average molecular weight is 339 g/mol. The molecule has 5 heteroatoms. The molecular formula is C20H21NO4. The minimum absolute atomic E-state index is 0.108. The highest BCUT2D eigenvalue weighted by molar-refractivity contribution is 5.99. The standard InChI is InChI=1S/C20H21NO4/c1-12(22)25-19-8-5-13(24-4)9-15(19)16-7-6-14-17(21-16)10-20(2,3)11-18(14)23/h5-9H,10-11H2,1-4H3. The number of aromatic nitrogens is 1. The zero-order valence-corrected chi connectivity index (χ0v) is 14.9. The SMILES string of the molecule is COc1ccc(OC(C)=O)c(-c2ccc3c(n2)CC(C)(C)CC3=O)c1. The molecule has 1 aliphatic carbocycles. The van der Waals surface area contributed by atoms with Gasteiger partial charge in [0, 0.05) is 24.5 Å². The van der Waals surface area contributed by atoms with Crippen LogP contribution in [0.4, 0.5) is 0 Å². The molecule has 0 fully saturated rings. The summed E-state index contributed by atoms with van der Waals surface area (Å²) in [5.41, 5.74) is 2.67. The first kappa shape index (κ1) is 17.1. The van der Waals surface area contributed by atoms with E-state index in [1.165, 1.54) is 6.92 Å². The Labute approximate surface area is 147 Å². The molecule has 1 heterocycles. The third-order valence-corrected chi connectivity index (χ3v) is 4.28. The number of pyridine rings is 1. The van der Waals surface area contributed by atoms with Gasteiger partial charge in [-0.3, -0.25) is 14.6 Å². The molecule has 0 saturated carbocycles. The predicted octanol–water partition coefficient (Wildman–Crippen LogP) is 3.84. The number of carbonyl (C=O) groups excluding carboxylic acids is 2. The minimum atomic E-state index is -0.402. The number of ether oxygens (including phenoxy) is 2. The number of hydrogen-bond donors (Lipinski definition) is 0. The lowest BCUT2D eigenvalue weighted by Crippen LogP contribution is -2.27. The smallest absolute Gasteiger partial charge is 0.308 e. The van der Waals surface area contributed by atoms with Gasteiger partial charge in [-0.25, -0.2) is 0 Å². The number of methoxy groups -OCH3 is 1. The largest absolute Gasteiger partial charge is 0.497 e. The summed E-state index contributed by atoms with van der Waals surface area (Å²) in [6.45, 7) is 5.49. The van der Waals surface area contributed by atoms with Crippen molar-refractivity contribution in [2.45, 2.75) is 33.6 Å². The second kappa shape index (κ2) is 6.31. The van der Waals surface area contributed by atoms with E-state index >= 15 is 0 Å². The number of rotatable bonds is 3. The van der Waals surface area contributed by atoms with Gasteiger partial charge in [-0.15, -0.1) is 0 Å². The van der Waals surface area contributed by atoms with Crippen LogP contribution < -0.4 is 9.47 Å². The highest BCUT2D eigenvalue weighted by Gasteiger charge is 2.32. The Balaban J connectivity index is 2.11. The molecule has 0 N–H and O–H groups in total. The molecule has 3 rings (SSSR count). The monoisotopic (exact) mass is 339 g/mol. The third-order valence-electron chi connectivity index (χ3n) is 4.28. The number of nitrogens with zero attached hydrogens (tertiary/aromatic N) is 1. The van der Waals surface area contributed by atoms with E-state index < -0.39 is 5.97 Å². The highest BCUT2D eigenvalue weighted by atomic mass is 16.5. The second-order valence-electron chi connectivity index (χ2n) is 7.09. The van der Waals surface area contributed by atoms with E-state index in [9.17, 15) is 9.59 Å². The molecular weight excluding hydrogens is 318 g/mol. The number of Topliss-reactive ketones (excluding diaryl/α,β-unsaturated/α-hetero) is 1. The van der Waals surface area contributed by atoms with E-state index in [1.807, 2.05) is 6.07 Å². The van der Waals surface area contributed by atoms with Crippen LogP contribution in [0.2, 0.25) is 0 Å². The van der Waals surface area contributed by atoms with E-state index in [4.69, 9.17) is 14.5 Å². The lowest BCUT2D eigenvalue weighted by Gasteiger charge is -2.29. The lowest BCUT2D eigenvalue weighted by atomic mass is 9.75. The van der Waals surface area contributed by atoms with E-state index in [1.54, 1.807) is 31.4 Å². The first-order valence-electron chi connectivity index (χ1n) is 8.19. The Morgan fingerprint density at radius 3 is 2.56 bits per heavy atom. The molecule has 0 saturated heterocycles. The molecule has 1 aromatic heterocycles. The molecule has 5 nitrogen and oxygen atoms in total. The van der Waals surface area contributed by atoms with Crippen LogP contribution in [0.15, 0.2) is 30.3 Å². The summed E-state index contributed by atoms with van der Waals surface area (Å²) in [6, 6.07) is 8.80. The first-order valence-corrected chi connectivity index (χ1v) is 8.19. The predicted molar refractivity (Wildman–Crippen MR) is 94.0 cm³/mol. The van der Waals surface area contributed by atoms with Crippen LogP contribution in [-0.4, -0.2) is 23.8 Å². The van der Waals surface area contributed by atoms with E-state index in [-0.39, 0.29) is 11.2 Å². The summed E-state index contributed by atoms with van der Waals surface area (Å²) in [5, 5.41) is 0. The molecule has 0 unspecified atom stereocenters. The Hall–Kier alpha value is -2.69. The van der Waals surface area contributed by atoms with Gasteiger partial charge < -0.3 is 9.47 Å². The van der Waals surface area contributed by atoms with Crippen molar-refractivity contribution in [1.29, 1.82) is 0 Å². The van der Waals surface area contributed by atoms with Crippen molar-refractivity contribution in [3.63, 3.8) is 0 Å². The molecule has 2 aromatic rings. The van der Waals surface area contributed by atoms with Gasteiger partial charge in [-0.2, -0.15) is 0 Å². The number of hydrogen-bond acceptors (Lipinski definition) is 5. The Bertz CT molecular complexity index is 855. The molecule has 0 aliphatic heterocycles. The molecule has 0 radical (unpaired) electrons. The van der Waals surface area contributed by atoms with Crippen molar-refractivity contribution in [3.8, 4) is 22.8 Å². The van der Waals surface area contributed by atoms with Crippen LogP contribution in [0.1, 0.15) is 43.2 Å². The zero-order chi connectivity index (χ0) is 18.2. The van der Waals surface area contributed by atoms with Crippen LogP contribution in [0.25, 0.3) is 11.3 Å². The van der Waals surface area contributed by atoms with Gasteiger partial charge in [-0.1, -0.05) is 13.8 Å². The van der Waals surface area contributed by atoms with Gasteiger partial charge >= 0.3 is 5.97 Å². The molecule has 0 spiro atoms. The van der Waals surface area contributed by atoms with Crippen molar-refractivity contribution in [2.75, 3.05) is 7.11 Å². The number of ketones is 1. The fraction of sp³-hybridized carbons (Fsp3) is 0.350. The van der Waals surface area contributed by atoms with Gasteiger partial charge in [-0.05, 0) is 42.2 Å². The fourth-order valence-electron chi connectivity index (χ4n) is 3.17.